The third kappa shape index (κ3) is 6.37. The Kier molecular flexibility index (Phi) is 9.43. The highest BCUT2D eigenvalue weighted by Crippen LogP contribution is 2.39. The van der Waals surface area contributed by atoms with Crippen molar-refractivity contribution in [2.75, 3.05) is 45.1 Å². The predicted molar refractivity (Wildman–Crippen MR) is 159 cm³/mol. The van der Waals surface area contributed by atoms with Gasteiger partial charge in [-0.3, -0.25) is 9.78 Å². The number of nitrogens with one attached hydrogen (secondary N) is 1. The van der Waals surface area contributed by atoms with Crippen LogP contribution < -0.4 is 5.32 Å². The summed E-state index contributed by atoms with van der Waals surface area (Å²) in [6, 6.07) is 9.63. The minimum absolute atomic E-state index is 0. The zero-order valence-electron chi connectivity index (χ0n) is 21.8. The molecule has 0 bridgehead atoms. The van der Waals surface area contributed by atoms with E-state index in [4.69, 9.17) is 23.2 Å². The number of phenols is 1. The number of benzene rings is 2. The lowest BCUT2D eigenvalue weighted by Gasteiger charge is -2.37. The summed E-state index contributed by atoms with van der Waals surface area (Å²) in [5, 5.41) is 15.0. The molecule has 2 aliphatic rings. The van der Waals surface area contributed by atoms with Crippen molar-refractivity contribution in [3.8, 4) is 16.9 Å². The Bertz CT molecular complexity index is 1280. The molecule has 0 amide bonds. The van der Waals surface area contributed by atoms with Gasteiger partial charge in [0.2, 0.25) is 0 Å². The van der Waals surface area contributed by atoms with Crippen molar-refractivity contribution >= 4 is 58.0 Å². The number of hydrogen-bond acceptors (Lipinski definition) is 6. The number of aromatic nitrogens is 1. The van der Waals surface area contributed by atoms with Crippen LogP contribution in [0.15, 0.2) is 36.5 Å². The summed E-state index contributed by atoms with van der Waals surface area (Å²) < 4.78 is 0. The molecule has 2 N–H and O–H groups in total. The van der Waals surface area contributed by atoms with Crippen LogP contribution in [0.3, 0.4) is 0 Å². The lowest BCUT2D eigenvalue weighted by molar-refractivity contribution is 0.101. The van der Waals surface area contributed by atoms with E-state index in [0.717, 1.165) is 59.6 Å². The van der Waals surface area contributed by atoms with Gasteiger partial charge in [0, 0.05) is 50.3 Å². The summed E-state index contributed by atoms with van der Waals surface area (Å²) in [5.41, 5.74) is 3.94. The van der Waals surface area contributed by atoms with Crippen LogP contribution in [0, 0.1) is 5.92 Å². The molecule has 9 heteroatoms. The Balaban J connectivity index is 0.00000336. The summed E-state index contributed by atoms with van der Waals surface area (Å²) in [7, 11) is 2.20. The van der Waals surface area contributed by atoms with Crippen molar-refractivity contribution in [2.45, 2.75) is 38.6 Å². The predicted octanol–water partition coefficient (Wildman–Crippen LogP) is 6.76. The monoisotopic (exact) mass is 576 g/mol. The summed E-state index contributed by atoms with van der Waals surface area (Å²) in [6.45, 7) is 7.43. The maximum atomic E-state index is 12.6. The molecule has 1 saturated carbocycles. The van der Waals surface area contributed by atoms with Crippen LogP contribution in [0.1, 0.15) is 43.0 Å². The highest BCUT2D eigenvalue weighted by atomic mass is 35.5. The first-order chi connectivity index (χ1) is 17.8. The van der Waals surface area contributed by atoms with Gasteiger partial charge in [-0.2, -0.15) is 0 Å². The first-order valence-corrected chi connectivity index (χ1v) is 13.8. The number of pyridine rings is 1. The molecule has 2 fully saturated rings. The number of aromatic hydroxyl groups is 1. The quantitative estimate of drug-likeness (QED) is 0.316. The molecular weight excluding hydrogens is 543 g/mol. The zero-order chi connectivity index (χ0) is 26.1. The molecule has 0 spiro atoms. The molecule has 0 unspecified atom stereocenters. The second kappa shape index (κ2) is 12.4. The highest BCUT2D eigenvalue weighted by Gasteiger charge is 2.26. The normalized spacial score (nSPS) is 20.7. The third-order valence-electron chi connectivity index (χ3n) is 7.90. The number of carbonyl (C=O) groups excluding carboxylic acids is 1. The van der Waals surface area contributed by atoms with Gasteiger partial charge in [-0.1, -0.05) is 29.3 Å². The van der Waals surface area contributed by atoms with Crippen molar-refractivity contribution in [3.05, 3.63) is 52.1 Å². The van der Waals surface area contributed by atoms with E-state index < -0.39 is 0 Å². The largest absolute Gasteiger partial charge is 0.505 e. The number of ketones is 1. The van der Waals surface area contributed by atoms with Gasteiger partial charge in [-0.15, -0.1) is 12.4 Å². The first-order valence-electron chi connectivity index (χ1n) is 13.1. The molecule has 3 aromatic rings. The Labute approximate surface area is 240 Å². The fraction of sp³-hybridized carbons (Fsp3) is 0.448. The van der Waals surface area contributed by atoms with Crippen LogP contribution in [0.5, 0.6) is 5.75 Å². The van der Waals surface area contributed by atoms with E-state index in [-0.39, 0.29) is 34.0 Å². The van der Waals surface area contributed by atoms with E-state index >= 15 is 0 Å². The molecule has 1 aliphatic heterocycles. The summed E-state index contributed by atoms with van der Waals surface area (Å²) in [5.74, 6) is 0.597. The zero-order valence-corrected chi connectivity index (χ0v) is 24.2. The Morgan fingerprint density at radius 3 is 2.32 bits per heavy atom. The summed E-state index contributed by atoms with van der Waals surface area (Å²) in [4.78, 5) is 22.2. The maximum absolute atomic E-state index is 12.6. The number of anilines is 1. The SMILES string of the molecule is CC(=O)c1cnc2ccc(-c3cc(Cl)c(O)c(Cl)c3)cc2c1NC1CCC(CN2CCN(C)CC2)CC1.Cl. The van der Waals surface area contributed by atoms with Crippen LogP contribution in [0.4, 0.5) is 5.69 Å². The number of halogens is 3. The van der Waals surface area contributed by atoms with E-state index in [2.05, 4.69) is 27.1 Å². The van der Waals surface area contributed by atoms with Crippen LogP contribution in [0.2, 0.25) is 10.0 Å². The fourth-order valence-corrected chi connectivity index (χ4v) is 6.10. The Morgan fingerprint density at radius 2 is 1.68 bits per heavy atom. The van der Waals surface area contributed by atoms with E-state index in [1.165, 1.54) is 32.5 Å². The molecule has 2 aromatic carbocycles. The number of fused-ring (bicyclic) bond motifs is 1. The molecule has 5 rings (SSSR count). The van der Waals surface area contributed by atoms with Crippen LogP contribution in [-0.2, 0) is 0 Å². The van der Waals surface area contributed by atoms with Gasteiger partial charge in [0.05, 0.1) is 26.8 Å². The first kappa shape index (κ1) is 28.9. The number of Topliss-reactive ketones (excluding diaryl/α,β-unsaturated/α-hetero) is 1. The number of phenolic OH excluding ortho intramolecular Hbond substituents is 1. The number of nitrogens with zero attached hydrogens (tertiary/aromatic N) is 3. The highest BCUT2D eigenvalue weighted by molar-refractivity contribution is 6.37. The minimum Gasteiger partial charge on any atom is -0.505 e. The standard InChI is InChI=1S/C29H34Cl2N4O2.ClH/c1-18(36)24-16-32-27-8-5-20(21-14-25(30)29(37)26(31)15-21)13-23(27)28(24)33-22-6-3-19(4-7-22)17-35-11-9-34(2)10-12-35;/h5,8,13-16,19,22,37H,3-4,6-7,9-12,17H2,1-2H3,(H,32,33);1H. The van der Waals surface area contributed by atoms with E-state index in [1.807, 2.05) is 18.2 Å². The van der Waals surface area contributed by atoms with Crippen LogP contribution in [-0.4, -0.2) is 71.5 Å². The minimum atomic E-state index is -0.126. The number of piperazine rings is 1. The molecule has 6 nitrogen and oxygen atoms in total. The van der Waals surface area contributed by atoms with Crippen molar-refractivity contribution in [1.29, 1.82) is 0 Å². The molecule has 2 heterocycles. The van der Waals surface area contributed by atoms with Gasteiger partial charge in [0.15, 0.2) is 11.5 Å². The maximum Gasteiger partial charge on any atom is 0.163 e. The number of likely N-dealkylation sites (N-methyl/N-ethyl adjacent to an activating group) is 1. The van der Waals surface area contributed by atoms with E-state index in [1.54, 1.807) is 25.3 Å². The molecule has 1 aliphatic carbocycles. The third-order valence-corrected chi connectivity index (χ3v) is 8.48. The number of carbonyl (C=O) groups is 1. The smallest absolute Gasteiger partial charge is 0.163 e. The molecule has 204 valence electrons. The van der Waals surface area contributed by atoms with Crippen molar-refractivity contribution < 1.29 is 9.90 Å². The van der Waals surface area contributed by atoms with Crippen molar-refractivity contribution in [1.82, 2.24) is 14.8 Å². The lowest BCUT2D eigenvalue weighted by atomic mass is 9.85. The molecule has 1 aromatic heterocycles. The summed E-state index contributed by atoms with van der Waals surface area (Å²) >= 11 is 12.4. The van der Waals surface area contributed by atoms with Gasteiger partial charge in [0.1, 0.15) is 0 Å². The molecule has 1 saturated heterocycles. The van der Waals surface area contributed by atoms with Gasteiger partial charge >= 0.3 is 0 Å². The van der Waals surface area contributed by atoms with E-state index in [0.29, 0.717) is 11.6 Å². The van der Waals surface area contributed by atoms with Crippen LogP contribution >= 0.6 is 35.6 Å². The molecular formula is C29H35Cl3N4O2. The molecule has 0 radical (unpaired) electrons. The van der Waals surface area contributed by atoms with Gasteiger partial charge in [0.25, 0.3) is 0 Å². The average molecular weight is 578 g/mol. The number of rotatable bonds is 6. The molecule has 38 heavy (non-hydrogen) atoms. The lowest BCUT2D eigenvalue weighted by Crippen LogP contribution is -2.46. The van der Waals surface area contributed by atoms with E-state index in [9.17, 15) is 9.90 Å². The van der Waals surface area contributed by atoms with Gasteiger partial charge < -0.3 is 20.2 Å². The fourth-order valence-electron chi connectivity index (χ4n) is 5.62. The average Bonchev–Trinajstić information content (AvgIpc) is 2.89. The summed E-state index contributed by atoms with van der Waals surface area (Å²) in [6.07, 6.45) is 6.24. The van der Waals surface area contributed by atoms with Gasteiger partial charge in [-0.25, -0.2) is 0 Å². The second-order valence-electron chi connectivity index (χ2n) is 10.6. The van der Waals surface area contributed by atoms with Crippen molar-refractivity contribution in [2.24, 2.45) is 5.92 Å². The number of hydrogen-bond donors (Lipinski definition) is 2. The Hall–Kier alpha value is -2.09. The Morgan fingerprint density at radius 1 is 1.03 bits per heavy atom. The van der Waals surface area contributed by atoms with Crippen molar-refractivity contribution in [3.63, 3.8) is 0 Å². The van der Waals surface area contributed by atoms with Crippen LogP contribution in [0.25, 0.3) is 22.0 Å². The van der Waals surface area contributed by atoms with Gasteiger partial charge in [-0.05, 0) is 81.0 Å². The topological polar surface area (TPSA) is 68.7 Å². The molecule has 0 atom stereocenters. The second-order valence-corrected chi connectivity index (χ2v) is 11.4.